The van der Waals surface area contributed by atoms with Crippen molar-refractivity contribution in [2.75, 3.05) is 0 Å². The van der Waals surface area contributed by atoms with Crippen LogP contribution < -0.4 is 5.73 Å². The zero-order valence-electron chi connectivity index (χ0n) is 11.1. The Hall–Kier alpha value is -1.19. The maximum absolute atomic E-state index is 6.33. The molecule has 0 radical (unpaired) electrons. The first-order chi connectivity index (χ1) is 9.33. The highest BCUT2D eigenvalue weighted by Gasteiger charge is 2.23. The molecule has 1 aliphatic rings. The fourth-order valence-corrected chi connectivity index (χ4v) is 3.78. The molecule has 19 heavy (non-hydrogen) atoms. The number of aromatic nitrogens is 1. The second-order valence-electron chi connectivity index (χ2n) is 5.41. The van der Waals surface area contributed by atoms with Gasteiger partial charge in [-0.1, -0.05) is 43.2 Å². The standard InChI is InChI=1S/C16H20N2S/c17-14(12-6-4-5-7-12)10-16-18-15(11-19-16)13-8-2-1-3-9-13/h1-3,8-9,11-12,14H,4-7,10,17H2. The summed E-state index contributed by atoms with van der Waals surface area (Å²) in [5.41, 5.74) is 8.60. The monoisotopic (exact) mass is 272 g/mol. The Morgan fingerprint density at radius 1 is 1.21 bits per heavy atom. The summed E-state index contributed by atoms with van der Waals surface area (Å²) in [6.45, 7) is 0. The lowest BCUT2D eigenvalue weighted by molar-refractivity contribution is 0.429. The molecule has 1 aromatic carbocycles. The van der Waals surface area contributed by atoms with Crippen LogP contribution >= 0.6 is 11.3 Å². The summed E-state index contributed by atoms with van der Waals surface area (Å²) in [5.74, 6) is 0.712. The fourth-order valence-electron chi connectivity index (χ4n) is 2.90. The number of hydrogen-bond donors (Lipinski definition) is 1. The van der Waals surface area contributed by atoms with Crippen molar-refractivity contribution >= 4 is 11.3 Å². The molecule has 0 saturated heterocycles. The minimum atomic E-state index is 0.289. The van der Waals surface area contributed by atoms with Gasteiger partial charge in [0.2, 0.25) is 0 Å². The van der Waals surface area contributed by atoms with Gasteiger partial charge in [-0.3, -0.25) is 0 Å². The lowest BCUT2D eigenvalue weighted by Crippen LogP contribution is -2.30. The Balaban J connectivity index is 1.68. The van der Waals surface area contributed by atoms with Crippen LogP contribution in [-0.2, 0) is 6.42 Å². The van der Waals surface area contributed by atoms with Crippen molar-refractivity contribution in [3.05, 3.63) is 40.7 Å². The molecule has 1 aliphatic carbocycles. The molecule has 2 N–H and O–H groups in total. The third kappa shape index (κ3) is 3.04. The Bertz CT molecular complexity index is 515. The zero-order chi connectivity index (χ0) is 13.1. The molecule has 1 unspecified atom stereocenters. The quantitative estimate of drug-likeness (QED) is 0.917. The molecule has 1 heterocycles. The van der Waals surface area contributed by atoms with E-state index in [0.717, 1.165) is 12.1 Å². The van der Waals surface area contributed by atoms with Crippen molar-refractivity contribution < 1.29 is 0 Å². The van der Waals surface area contributed by atoms with Gasteiger partial charge in [-0.15, -0.1) is 11.3 Å². The van der Waals surface area contributed by atoms with Crippen LogP contribution in [0.1, 0.15) is 30.7 Å². The highest BCUT2D eigenvalue weighted by Crippen LogP contribution is 2.29. The third-order valence-electron chi connectivity index (χ3n) is 4.04. The van der Waals surface area contributed by atoms with Crippen molar-refractivity contribution in [3.8, 4) is 11.3 Å². The van der Waals surface area contributed by atoms with E-state index in [2.05, 4.69) is 29.6 Å². The van der Waals surface area contributed by atoms with Crippen LogP contribution in [0.5, 0.6) is 0 Å². The van der Waals surface area contributed by atoms with Crippen molar-refractivity contribution in [2.24, 2.45) is 11.7 Å². The maximum atomic E-state index is 6.33. The predicted molar refractivity (Wildman–Crippen MR) is 81.2 cm³/mol. The molecule has 0 bridgehead atoms. The van der Waals surface area contributed by atoms with E-state index in [9.17, 15) is 0 Å². The van der Waals surface area contributed by atoms with E-state index in [4.69, 9.17) is 10.7 Å². The number of thiazole rings is 1. The predicted octanol–water partition coefficient (Wildman–Crippen LogP) is 3.87. The van der Waals surface area contributed by atoms with Gasteiger partial charge in [-0.05, 0) is 18.8 Å². The summed E-state index contributed by atoms with van der Waals surface area (Å²) in [6.07, 6.45) is 6.25. The molecule has 0 amide bonds. The molecule has 1 aromatic heterocycles. The number of hydrogen-bond acceptors (Lipinski definition) is 3. The summed E-state index contributed by atoms with van der Waals surface area (Å²) in [6, 6.07) is 10.6. The summed E-state index contributed by atoms with van der Waals surface area (Å²) in [4.78, 5) is 4.73. The minimum Gasteiger partial charge on any atom is -0.327 e. The summed E-state index contributed by atoms with van der Waals surface area (Å²) >= 11 is 1.74. The van der Waals surface area contributed by atoms with E-state index in [0.29, 0.717) is 5.92 Å². The molecule has 3 rings (SSSR count). The molecule has 0 aliphatic heterocycles. The second-order valence-corrected chi connectivity index (χ2v) is 6.35. The van der Waals surface area contributed by atoms with E-state index in [1.807, 2.05) is 6.07 Å². The van der Waals surface area contributed by atoms with E-state index in [1.165, 1.54) is 36.3 Å². The molecule has 1 atom stereocenters. The fraction of sp³-hybridized carbons (Fsp3) is 0.438. The minimum absolute atomic E-state index is 0.289. The topological polar surface area (TPSA) is 38.9 Å². The van der Waals surface area contributed by atoms with E-state index >= 15 is 0 Å². The molecule has 3 heteroatoms. The molecule has 0 spiro atoms. The molecular formula is C16H20N2S. The average molecular weight is 272 g/mol. The van der Waals surface area contributed by atoms with Crippen LogP contribution in [0.3, 0.4) is 0 Å². The van der Waals surface area contributed by atoms with Crippen LogP contribution in [0, 0.1) is 5.92 Å². The summed E-state index contributed by atoms with van der Waals surface area (Å²) in [7, 11) is 0. The molecule has 2 aromatic rings. The average Bonchev–Trinajstić information content (AvgIpc) is 3.11. The first-order valence-corrected chi connectivity index (χ1v) is 7.96. The van der Waals surface area contributed by atoms with Gasteiger partial charge in [0.15, 0.2) is 0 Å². The van der Waals surface area contributed by atoms with Gasteiger partial charge in [0, 0.05) is 23.4 Å². The number of benzene rings is 1. The van der Waals surface area contributed by atoms with Crippen LogP contribution in [0.2, 0.25) is 0 Å². The first kappa shape index (κ1) is 12.8. The lowest BCUT2D eigenvalue weighted by Gasteiger charge is -2.17. The molecular weight excluding hydrogens is 252 g/mol. The Morgan fingerprint density at radius 2 is 1.95 bits per heavy atom. The number of nitrogens with two attached hydrogens (primary N) is 1. The van der Waals surface area contributed by atoms with Gasteiger partial charge >= 0.3 is 0 Å². The zero-order valence-corrected chi connectivity index (χ0v) is 11.9. The largest absolute Gasteiger partial charge is 0.327 e. The molecule has 1 saturated carbocycles. The highest BCUT2D eigenvalue weighted by molar-refractivity contribution is 7.09. The first-order valence-electron chi connectivity index (χ1n) is 7.08. The van der Waals surface area contributed by atoms with E-state index in [1.54, 1.807) is 11.3 Å². The smallest absolute Gasteiger partial charge is 0.0948 e. The van der Waals surface area contributed by atoms with Crippen molar-refractivity contribution in [3.63, 3.8) is 0 Å². The Kier molecular flexibility index (Phi) is 3.95. The van der Waals surface area contributed by atoms with Crippen LogP contribution in [0.15, 0.2) is 35.7 Å². The van der Waals surface area contributed by atoms with Crippen LogP contribution in [0.4, 0.5) is 0 Å². The lowest BCUT2D eigenvalue weighted by atomic mass is 9.97. The third-order valence-corrected chi connectivity index (χ3v) is 4.91. The summed E-state index contributed by atoms with van der Waals surface area (Å²) < 4.78 is 0. The van der Waals surface area contributed by atoms with E-state index < -0.39 is 0 Å². The van der Waals surface area contributed by atoms with Gasteiger partial charge in [-0.25, -0.2) is 4.98 Å². The van der Waals surface area contributed by atoms with Crippen molar-refractivity contribution in [1.29, 1.82) is 0 Å². The van der Waals surface area contributed by atoms with Gasteiger partial charge < -0.3 is 5.73 Å². The molecule has 1 fully saturated rings. The number of nitrogens with zero attached hydrogens (tertiary/aromatic N) is 1. The van der Waals surface area contributed by atoms with Crippen LogP contribution in [-0.4, -0.2) is 11.0 Å². The normalized spacial score (nSPS) is 17.7. The molecule has 100 valence electrons. The van der Waals surface area contributed by atoms with Gasteiger partial charge in [0.05, 0.1) is 10.7 Å². The van der Waals surface area contributed by atoms with Gasteiger partial charge in [-0.2, -0.15) is 0 Å². The van der Waals surface area contributed by atoms with Gasteiger partial charge in [0.25, 0.3) is 0 Å². The van der Waals surface area contributed by atoms with Crippen molar-refractivity contribution in [1.82, 2.24) is 4.98 Å². The maximum Gasteiger partial charge on any atom is 0.0948 e. The SMILES string of the molecule is NC(Cc1nc(-c2ccccc2)cs1)C1CCCC1. The molecule has 2 nitrogen and oxygen atoms in total. The van der Waals surface area contributed by atoms with E-state index in [-0.39, 0.29) is 6.04 Å². The number of rotatable bonds is 4. The Morgan fingerprint density at radius 3 is 2.68 bits per heavy atom. The Labute approximate surface area is 118 Å². The van der Waals surface area contributed by atoms with Gasteiger partial charge in [0.1, 0.15) is 0 Å². The van der Waals surface area contributed by atoms with Crippen molar-refractivity contribution in [2.45, 2.75) is 38.1 Å². The van der Waals surface area contributed by atoms with Crippen LogP contribution in [0.25, 0.3) is 11.3 Å². The summed E-state index contributed by atoms with van der Waals surface area (Å²) in [5, 5.41) is 3.32. The highest BCUT2D eigenvalue weighted by atomic mass is 32.1. The second kappa shape index (κ2) is 5.85.